The van der Waals surface area contributed by atoms with Crippen molar-refractivity contribution in [2.75, 3.05) is 36.5 Å². The molecule has 1 aliphatic heterocycles. The molecule has 0 spiro atoms. The van der Waals surface area contributed by atoms with Crippen LogP contribution in [-0.4, -0.2) is 54.5 Å². The SMILES string of the molecule is CN(CC(=O)N1CC(=O)N(CCc2cccs2)c2ccc(C(=O)O)cc21)Cc1ccccc1. The standard InChI is InChI=1S/C25H25N3O4S/c1-26(15-18-6-3-2-4-7-18)16-23(29)28-17-24(30)27(12-11-20-8-5-13-33-20)21-10-9-19(25(31)32)14-22(21)28/h2-10,13-14H,11-12,15-17H2,1H3,(H,31,32). The molecule has 0 atom stereocenters. The Morgan fingerprint density at radius 2 is 1.85 bits per heavy atom. The number of amides is 2. The summed E-state index contributed by atoms with van der Waals surface area (Å²) in [5.74, 6) is -1.50. The Morgan fingerprint density at radius 1 is 1.06 bits per heavy atom. The molecule has 2 amide bonds. The van der Waals surface area contributed by atoms with Crippen LogP contribution >= 0.6 is 11.3 Å². The number of hydrogen-bond acceptors (Lipinski definition) is 5. The number of carboxylic acids is 1. The van der Waals surface area contributed by atoms with E-state index < -0.39 is 5.97 Å². The summed E-state index contributed by atoms with van der Waals surface area (Å²) < 4.78 is 0. The molecule has 4 rings (SSSR count). The topological polar surface area (TPSA) is 81.2 Å². The number of carbonyl (C=O) groups is 3. The number of anilines is 2. The molecule has 0 radical (unpaired) electrons. The summed E-state index contributed by atoms with van der Waals surface area (Å²) in [6, 6.07) is 18.4. The maximum Gasteiger partial charge on any atom is 0.335 e. The first-order valence-corrected chi connectivity index (χ1v) is 11.5. The van der Waals surface area contributed by atoms with Crippen molar-refractivity contribution in [1.29, 1.82) is 0 Å². The summed E-state index contributed by atoms with van der Waals surface area (Å²) in [4.78, 5) is 43.9. The number of fused-ring (bicyclic) bond motifs is 1. The number of thiophene rings is 1. The molecule has 0 aliphatic carbocycles. The van der Waals surface area contributed by atoms with Crippen LogP contribution in [0.3, 0.4) is 0 Å². The van der Waals surface area contributed by atoms with Gasteiger partial charge in [0, 0.05) is 18.0 Å². The van der Waals surface area contributed by atoms with Crippen molar-refractivity contribution >= 4 is 40.5 Å². The van der Waals surface area contributed by atoms with Crippen LogP contribution in [0, 0.1) is 0 Å². The quantitative estimate of drug-likeness (QED) is 0.553. The number of nitrogens with zero attached hydrogens (tertiary/aromatic N) is 3. The maximum atomic E-state index is 13.2. The average molecular weight is 464 g/mol. The highest BCUT2D eigenvalue weighted by Crippen LogP contribution is 2.35. The van der Waals surface area contributed by atoms with Gasteiger partial charge in [0.25, 0.3) is 0 Å². The van der Waals surface area contributed by atoms with Crippen molar-refractivity contribution in [3.63, 3.8) is 0 Å². The number of carboxylic acid groups (broad SMARTS) is 1. The first-order chi connectivity index (χ1) is 15.9. The second-order valence-corrected chi connectivity index (χ2v) is 9.05. The Morgan fingerprint density at radius 3 is 2.55 bits per heavy atom. The van der Waals surface area contributed by atoms with E-state index >= 15 is 0 Å². The van der Waals surface area contributed by atoms with Gasteiger partial charge in [-0.1, -0.05) is 36.4 Å². The molecule has 8 heteroatoms. The van der Waals surface area contributed by atoms with Crippen LogP contribution < -0.4 is 9.80 Å². The molecule has 0 saturated carbocycles. The lowest BCUT2D eigenvalue weighted by atomic mass is 10.1. The third-order valence-corrected chi connectivity index (χ3v) is 6.50. The van der Waals surface area contributed by atoms with Gasteiger partial charge in [-0.3, -0.25) is 19.4 Å². The summed E-state index contributed by atoms with van der Waals surface area (Å²) in [5, 5.41) is 11.5. The highest BCUT2D eigenvalue weighted by atomic mass is 32.1. The Bertz CT molecular complexity index is 1150. The normalized spacial score (nSPS) is 13.3. The molecule has 1 aromatic heterocycles. The average Bonchev–Trinajstić information content (AvgIpc) is 3.31. The first kappa shape index (κ1) is 22.7. The Balaban J connectivity index is 1.56. The summed E-state index contributed by atoms with van der Waals surface area (Å²) in [6.07, 6.45) is 0.692. The number of carbonyl (C=O) groups excluding carboxylic acids is 2. The highest BCUT2D eigenvalue weighted by Gasteiger charge is 2.33. The van der Waals surface area contributed by atoms with Crippen molar-refractivity contribution < 1.29 is 19.5 Å². The van der Waals surface area contributed by atoms with E-state index in [-0.39, 0.29) is 30.5 Å². The Labute approximate surface area is 196 Å². The zero-order chi connectivity index (χ0) is 23.4. The van der Waals surface area contributed by atoms with Gasteiger partial charge in [-0.25, -0.2) is 4.79 Å². The van der Waals surface area contributed by atoms with Gasteiger partial charge in [0.15, 0.2) is 0 Å². The Kier molecular flexibility index (Phi) is 6.86. The van der Waals surface area contributed by atoms with Gasteiger partial charge >= 0.3 is 5.97 Å². The van der Waals surface area contributed by atoms with Crippen molar-refractivity contribution in [2.24, 2.45) is 0 Å². The molecule has 0 fully saturated rings. The third-order valence-electron chi connectivity index (χ3n) is 5.56. The smallest absolute Gasteiger partial charge is 0.335 e. The van der Waals surface area contributed by atoms with E-state index in [2.05, 4.69) is 0 Å². The lowest BCUT2D eigenvalue weighted by Crippen LogP contribution is -2.50. The molecular weight excluding hydrogens is 438 g/mol. The summed E-state index contributed by atoms with van der Waals surface area (Å²) in [7, 11) is 1.85. The number of aromatic carboxylic acids is 1. The minimum atomic E-state index is -1.08. The van der Waals surface area contributed by atoms with Crippen LogP contribution in [0.15, 0.2) is 66.0 Å². The van der Waals surface area contributed by atoms with Crippen LogP contribution in [-0.2, 0) is 22.6 Å². The molecule has 3 aromatic rings. The second-order valence-electron chi connectivity index (χ2n) is 8.02. The number of benzene rings is 2. The van der Waals surface area contributed by atoms with E-state index in [1.54, 1.807) is 22.3 Å². The van der Waals surface area contributed by atoms with E-state index in [1.165, 1.54) is 17.0 Å². The van der Waals surface area contributed by atoms with E-state index in [0.29, 0.717) is 30.9 Å². The minimum Gasteiger partial charge on any atom is -0.478 e. The van der Waals surface area contributed by atoms with E-state index in [1.807, 2.05) is 59.8 Å². The fraction of sp³-hybridized carbons (Fsp3) is 0.240. The van der Waals surface area contributed by atoms with Gasteiger partial charge in [0.1, 0.15) is 6.54 Å². The third kappa shape index (κ3) is 5.30. The molecule has 1 N–H and O–H groups in total. The molecule has 7 nitrogen and oxygen atoms in total. The van der Waals surface area contributed by atoms with Crippen LogP contribution in [0.25, 0.3) is 0 Å². The molecule has 170 valence electrons. The zero-order valence-electron chi connectivity index (χ0n) is 18.3. The number of hydrogen-bond donors (Lipinski definition) is 1. The van der Waals surface area contributed by atoms with E-state index in [0.717, 1.165) is 10.4 Å². The van der Waals surface area contributed by atoms with Gasteiger partial charge in [0.2, 0.25) is 11.8 Å². The molecule has 0 bridgehead atoms. The maximum absolute atomic E-state index is 13.2. The summed E-state index contributed by atoms with van der Waals surface area (Å²) in [6.45, 7) is 1.05. The molecule has 1 aliphatic rings. The van der Waals surface area contributed by atoms with Gasteiger partial charge in [-0.05, 0) is 48.7 Å². The van der Waals surface area contributed by atoms with Crippen molar-refractivity contribution in [3.05, 3.63) is 82.0 Å². The van der Waals surface area contributed by atoms with Crippen molar-refractivity contribution in [3.8, 4) is 0 Å². The molecule has 0 unspecified atom stereocenters. The fourth-order valence-corrected chi connectivity index (χ4v) is 4.65. The fourth-order valence-electron chi connectivity index (χ4n) is 3.95. The number of rotatable bonds is 8. The van der Waals surface area contributed by atoms with Gasteiger partial charge in [-0.2, -0.15) is 0 Å². The second kappa shape index (κ2) is 9.97. The molecular formula is C25H25N3O4S. The van der Waals surface area contributed by atoms with Crippen LogP contribution in [0.4, 0.5) is 11.4 Å². The molecule has 2 aromatic carbocycles. The lowest BCUT2D eigenvalue weighted by Gasteiger charge is -2.37. The minimum absolute atomic E-state index is 0.0803. The largest absolute Gasteiger partial charge is 0.478 e. The van der Waals surface area contributed by atoms with Gasteiger partial charge in [0.05, 0.1) is 23.5 Å². The Hall–Kier alpha value is -3.49. The monoisotopic (exact) mass is 463 g/mol. The van der Waals surface area contributed by atoms with Gasteiger partial charge < -0.3 is 10.0 Å². The highest BCUT2D eigenvalue weighted by molar-refractivity contribution is 7.09. The number of likely N-dealkylation sites (N-methyl/N-ethyl adjacent to an activating group) is 1. The summed E-state index contributed by atoms with van der Waals surface area (Å²) in [5.41, 5.74) is 2.18. The van der Waals surface area contributed by atoms with E-state index in [9.17, 15) is 19.5 Å². The van der Waals surface area contributed by atoms with Gasteiger partial charge in [-0.15, -0.1) is 11.3 Å². The predicted molar refractivity (Wildman–Crippen MR) is 129 cm³/mol. The molecule has 33 heavy (non-hydrogen) atoms. The first-order valence-electron chi connectivity index (χ1n) is 10.7. The van der Waals surface area contributed by atoms with Crippen LogP contribution in [0.5, 0.6) is 0 Å². The molecule has 0 saturated heterocycles. The van der Waals surface area contributed by atoms with E-state index in [4.69, 9.17) is 0 Å². The van der Waals surface area contributed by atoms with Crippen LogP contribution in [0.1, 0.15) is 20.8 Å². The van der Waals surface area contributed by atoms with Crippen LogP contribution in [0.2, 0.25) is 0 Å². The zero-order valence-corrected chi connectivity index (χ0v) is 19.1. The molecule has 2 heterocycles. The lowest BCUT2D eigenvalue weighted by molar-refractivity contribution is -0.123. The van der Waals surface area contributed by atoms with Crippen molar-refractivity contribution in [2.45, 2.75) is 13.0 Å². The predicted octanol–water partition coefficient (Wildman–Crippen LogP) is 3.50. The summed E-state index contributed by atoms with van der Waals surface area (Å²) >= 11 is 1.63. The van der Waals surface area contributed by atoms with Crippen molar-refractivity contribution in [1.82, 2.24) is 4.90 Å².